The lowest BCUT2D eigenvalue weighted by atomic mass is 10.1. The summed E-state index contributed by atoms with van der Waals surface area (Å²) in [5.41, 5.74) is 8.16. The summed E-state index contributed by atoms with van der Waals surface area (Å²) in [4.78, 5) is 4.62. The number of hydrogen-bond donors (Lipinski definition) is 3. The zero-order valence-electron chi connectivity index (χ0n) is 19.3. The van der Waals surface area contributed by atoms with E-state index in [1.54, 1.807) is 4.68 Å². The van der Waals surface area contributed by atoms with Crippen LogP contribution in [0.15, 0.2) is 35.3 Å². The van der Waals surface area contributed by atoms with E-state index in [9.17, 15) is 5.26 Å². The van der Waals surface area contributed by atoms with Crippen LogP contribution in [-0.4, -0.2) is 48.6 Å². The van der Waals surface area contributed by atoms with E-state index in [2.05, 4.69) is 40.6 Å². The lowest BCUT2D eigenvalue weighted by Crippen LogP contribution is -2.38. The molecule has 0 fully saturated rings. The van der Waals surface area contributed by atoms with Gasteiger partial charge in [0.1, 0.15) is 17.5 Å². The number of ether oxygens (including phenoxy) is 1. The molecule has 32 heavy (non-hydrogen) atoms. The predicted octanol–water partition coefficient (Wildman–Crippen LogP) is 3.49. The topological polar surface area (TPSA) is 113 Å². The first kappa shape index (κ1) is 27.7. The highest BCUT2D eigenvalue weighted by molar-refractivity contribution is 14.0. The first-order valence-electron chi connectivity index (χ1n) is 11.0. The van der Waals surface area contributed by atoms with Crippen LogP contribution in [0.4, 0.5) is 5.82 Å². The molecule has 0 unspecified atom stereocenters. The van der Waals surface area contributed by atoms with Crippen LogP contribution in [0.25, 0.3) is 5.69 Å². The number of para-hydroxylation sites is 1. The number of aliphatic imine (C=N–C) groups is 1. The molecule has 1 aromatic heterocycles. The summed E-state index contributed by atoms with van der Waals surface area (Å²) in [6.45, 7) is 10.1. The minimum atomic E-state index is 0. The van der Waals surface area contributed by atoms with Crippen LogP contribution in [0, 0.1) is 17.2 Å². The van der Waals surface area contributed by atoms with Crippen LogP contribution in [0.3, 0.4) is 0 Å². The normalized spacial score (nSPS) is 11.2. The Hall–Kier alpha value is -2.32. The van der Waals surface area contributed by atoms with Gasteiger partial charge < -0.3 is 21.1 Å². The van der Waals surface area contributed by atoms with E-state index in [0.29, 0.717) is 36.0 Å². The molecule has 0 atom stereocenters. The molecule has 0 aliphatic rings. The second-order valence-electron chi connectivity index (χ2n) is 7.68. The largest absolute Gasteiger partial charge is 0.382 e. The van der Waals surface area contributed by atoms with Crippen LogP contribution in [0.5, 0.6) is 0 Å². The number of nitrogens with two attached hydrogens (primary N) is 1. The van der Waals surface area contributed by atoms with Crippen molar-refractivity contribution in [2.24, 2.45) is 10.9 Å². The molecule has 9 heteroatoms. The first-order chi connectivity index (χ1) is 15.1. The molecule has 0 aliphatic carbocycles. The number of anilines is 1. The molecule has 0 spiro atoms. The van der Waals surface area contributed by atoms with Gasteiger partial charge in [0.25, 0.3) is 0 Å². The van der Waals surface area contributed by atoms with E-state index in [4.69, 9.17) is 10.5 Å². The molecule has 0 aliphatic heterocycles. The number of benzene rings is 1. The highest BCUT2D eigenvalue weighted by Crippen LogP contribution is 2.21. The summed E-state index contributed by atoms with van der Waals surface area (Å²) in [6.07, 6.45) is 2.34. The van der Waals surface area contributed by atoms with E-state index in [1.807, 2.05) is 37.3 Å². The number of aryl methyl sites for hydroxylation is 1. The smallest absolute Gasteiger partial charge is 0.191 e. The zero-order chi connectivity index (χ0) is 22.5. The van der Waals surface area contributed by atoms with Gasteiger partial charge in [-0.3, -0.25) is 4.99 Å². The molecule has 0 amide bonds. The lowest BCUT2D eigenvalue weighted by Gasteiger charge is -2.11. The number of guanidine groups is 1. The van der Waals surface area contributed by atoms with Crippen molar-refractivity contribution in [3.8, 4) is 11.8 Å². The molecule has 0 saturated heterocycles. The van der Waals surface area contributed by atoms with Crippen LogP contribution >= 0.6 is 24.0 Å². The molecule has 8 nitrogen and oxygen atoms in total. The van der Waals surface area contributed by atoms with Crippen LogP contribution in [0.2, 0.25) is 0 Å². The SMILES string of the molecule is CCNC(=NCCCc1nn(-c2ccccc2)c(N)c1C#N)NCCCOCC(C)C.I. The van der Waals surface area contributed by atoms with Crippen molar-refractivity contribution in [2.45, 2.75) is 40.0 Å². The van der Waals surface area contributed by atoms with Crippen LogP contribution < -0.4 is 16.4 Å². The molecule has 176 valence electrons. The second kappa shape index (κ2) is 15.5. The second-order valence-corrected chi connectivity index (χ2v) is 7.68. The molecular weight excluding hydrogens is 517 g/mol. The Morgan fingerprint density at radius 3 is 2.66 bits per heavy atom. The Bertz CT molecular complexity index is 859. The number of nitrogens with one attached hydrogen (secondary N) is 2. The Morgan fingerprint density at radius 2 is 2.00 bits per heavy atom. The molecule has 0 saturated carbocycles. The Kier molecular flexibility index (Phi) is 13.4. The third-order valence-corrected chi connectivity index (χ3v) is 4.50. The maximum Gasteiger partial charge on any atom is 0.191 e. The van der Waals surface area contributed by atoms with Gasteiger partial charge in [-0.15, -0.1) is 24.0 Å². The van der Waals surface area contributed by atoms with Crippen molar-refractivity contribution in [1.29, 1.82) is 5.26 Å². The van der Waals surface area contributed by atoms with Gasteiger partial charge >= 0.3 is 0 Å². The van der Waals surface area contributed by atoms with Gasteiger partial charge in [-0.2, -0.15) is 10.4 Å². The Morgan fingerprint density at radius 1 is 1.25 bits per heavy atom. The zero-order valence-corrected chi connectivity index (χ0v) is 21.6. The molecule has 1 heterocycles. The molecule has 2 aromatic rings. The van der Waals surface area contributed by atoms with Crippen LogP contribution in [0.1, 0.15) is 44.9 Å². The quantitative estimate of drug-likeness (QED) is 0.161. The minimum Gasteiger partial charge on any atom is -0.382 e. The Balaban J connectivity index is 0.00000512. The molecule has 1 aromatic carbocycles. The number of rotatable bonds is 12. The van der Waals surface area contributed by atoms with E-state index in [-0.39, 0.29) is 24.0 Å². The summed E-state index contributed by atoms with van der Waals surface area (Å²) in [6, 6.07) is 11.8. The van der Waals surface area contributed by atoms with E-state index >= 15 is 0 Å². The van der Waals surface area contributed by atoms with Crippen molar-refractivity contribution in [3.63, 3.8) is 0 Å². The van der Waals surface area contributed by atoms with Gasteiger partial charge in [-0.1, -0.05) is 32.0 Å². The number of nitriles is 1. The standard InChI is InChI=1S/C23H35N7O.HI/c1-4-26-23(28-14-9-15-31-17-18(2)3)27-13-8-12-21-20(16-24)22(25)30(29-21)19-10-6-5-7-11-19;/h5-7,10-11,18H,4,8-9,12-15,17,25H2,1-3H3,(H2,26,27,28);1H. The van der Waals surface area contributed by atoms with Crippen LogP contribution in [-0.2, 0) is 11.2 Å². The fourth-order valence-electron chi connectivity index (χ4n) is 3.02. The van der Waals surface area contributed by atoms with Gasteiger partial charge in [0, 0.05) is 32.8 Å². The van der Waals surface area contributed by atoms with Crippen molar-refractivity contribution < 1.29 is 4.74 Å². The summed E-state index contributed by atoms with van der Waals surface area (Å²) < 4.78 is 7.23. The van der Waals surface area contributed by atoms with Crippen molar-refractivity contribution in [2.75, 3.05) is 38.6 Å². The van der Waals surface area contributed by atoms with E-state index < -0.39 is 0 Å². The van der Waals surface area contributed by atoms with Gasteiger partial charge in [0.15, 0.2) is 5.96 Å². The van der Waals surface area contributed by atoms with Crippen molar-refractivity contribution >= 4 is 35.8 Å². The van der Waals surface area contributed by atoms with Crippen molar-refractivity contribution in [1.82, 2.24) is 20.4 Å². The highest BCUT2D eigenvalue weighted by Gasteiger charge is 2.16. The summed E-state index contributed by atoms with van der Waals surface area (Å²) in [5.74, 6) is 1.73. The maximum atomic E-state index is 9.52. The first-order valence-corrected chi connectivity index (χ1v) is 11.0. The third kappa shape index (κ3) is 9.04. The molecule has 0 bridgehead atoms. The highest BCUT2D eigenvalue weighted by atomic mass is 127. The average molecular weight is 553 g/mol. The number of aromatic nitrogens is 2. The predicted molar refractivity (Wildman–Crippen MR) is 141 cm³/mol. The maximum absolute atomic E-state index is 9.52. The third-order valence-electron chi connectivity index (χ3n) is 4.50. The van der Waals surface area contributed by atoms with E-state index in [1.165, 1.54) is 0 Å². The minimum absolute atomic E-state index is 0. The number of hydrogen-bond acceptors (Lipinski definition) is 5. The fraction of sp³-hybridized carbons (Fsp3) is 0.522. The number of nitrogen functional groups attached to an aromatic ring is 1. The lowest BCUT2D eigenvalue weighted by molar-refractivity contribution is 0.108. The molecule has 2 rings (SSSR count). The van der Waals surface area contributed by atoms with Gasteiger partial charge in [-0.05, 0) is 44.2 Å². The summed E-state index contributed by atoms with van der Waals surface area (Å²) >= 11 is 0. The molecule has 4 N–H and O–H groups in total. The van der Waals surface area contributed by atoms with E-state index in [0.717, 1.165) is 50.8 Å². The average Bonchev–Trinajstić information content (AvgIpc) is 3.09. The van der Waals surface area contributed by atoms with Crippen molar-refractivity contribution in [3.05, 3.63) is 41.6 Å². The van der Waals surface area contributed by atoms with Gasteiger partial charge in [0.05, 0.1) is 11.4 Å². The molecular formula is C23H36IN7O. The number of halogens is 1. The Labute approximate surface area is 208 Å². The fourth-order valence-corrected chi connectivity index (χ4v) is 3.02. The monoisotopic (exact) mass is 553 g/mol. The summed E-state index contributed by atoms with van der Waals surface area (Å²) in [7, 11) is 0. The summed E-state index contributed by atoms with van der Waals surface area (Å²) in [5, 5.41) is 20.7. The van der Waals surface area contributed by atoms with Gasteiger partial charge in [0.2, 0.25) is 0 Å². The molecule has 0 radical (unpaired) electrons. The van der Waals surface area contributed by atoms with Gasteiger partial charge in [-0.25, -0.2) is 4.68 Å². The number of nitrogens with zero attached hydrogens (tertiary/aromatic N) is 4.